The number of hydrogen-bond acceptors (Lipinski definition) is 6. The maximum Gasteiger partial charge on any atom is 0.176 e. The van der Waals surface area contributed by atoms with Crippen molar-refractivity contribution < 1.29 is 19.4 Å². The summed E-state index contributed by atoms with van der Waals surface area (Å²) in [5.41, 5.74) is 5.13. The fourth-order valence-corrected chi connectivity index (χ4v) is 5.12. The van der Waals surface area contributed by atoms with Crippen molar-refractivity contribution in [2.45, 2.75) is 31.7 Å². The summed E-state index contributed by atoms with van der Waals surface area (Å²) < 4.78 is 11.0. The Morgan fingerprint density at radius 2 is 1.83 bits per heavy atom. The number of aromatic hydroxyl groups is 1. The van der Waals surface area contributed by atoms with Crippen LogP contribution in [0, 0.1) is 0 Å². The Morgan fingerprint density at radius 1 is 1.03 bits per heavy atom. The molecule has 6 nitrogen and oxygen atoms in total. The fraction of sp³-hybridized carbons (Fsp3) is 0.250. The van der Waals surface area contributed by atoms with Gasteiger partial charge in [0.2, 0.25) is 0 Å². The number of fused-ring (bicyclic) bond motifs is 1. The number of ether oxygens (including phenoxy) is 2. The predicted octanol–water partition coefficient (Wildman–Crippen LogP) is 6.43. The molecule has 5 rings (SSSR count). The van der Waals surface area contributed by atoms with Gasteiger partial charge in [-0.2, -0.15) is 0 Å². The Kier molecular flexibility index (Phi) is 6.31. The smallest absolute Gasteiger partial charge is 0.176 e. The van der Waals surface area contributed by atoms with Crippen molar-refractivity contribution in [2.24, 2.45) is 0 Å². The van der Waals surface area contributed by atoms with Crippen molar-refractivity contribution in [3.63, 3.8) is 0 Å². The van der Waals surface area contributed by atoms with E-state index in [1.807, 2.05) is 55.5 Å². The highest BCUT2D eigenvalue weighted by molar-refractivity contribution is 6.32. The van der Waals surface area contributed by atoms with E-state index < -0.39 is 6.04 Å². The van der Waals surface area contributed by atoms with Gasteiger partial charge in [-0.25, -0.2) is 0 Å². The number of Topliss-reactive ketones (excluding diaryl/α,β-unsaturated/α-hetero) is 1. The number of nitrogens with one attached hydrogen (secondary N) is 2. The summed E-state index contributed by atoms with van der Waals surface area (Å²) in [6, 6.07) is 18.8. The zero-order chi connectivity index (χ0) is 24.5. The maximum atomic E-state index is 13.7. The molecule has 3 aromatic carbocycles. The van der Waals surface area contributed by atoms with Gasteiger partial charge < -0.3 is 25.2 Å². The van der Waals surface area contributed by atoms with E-state index >= 15 is 0 Å². The molecule has 2 atom stereocenters. The lowest BCUT2D eigenvalue weighted by atomic mass is 9.78. The molecule has 0 saturated heterocycles. The number of methoxy groups -OCH3 is 1. The molecule has 2 aliphatic rings. The summed E-state index contributed by atoms with van der Waals surface area (Å²) in [6.07, 6.45) is 1.05. The molecule has 3 N–H and O–H groups in total. The van der Waals surface area contributed by atoms with Crippen LogP contribution in [0.4, 0.5) is 11.4 Å². The minimum absolute atomic E-state index is 0.0251. The summed E-state index contributed by atoms with van der Waals surface area (Å²) in [4.78, 5) is 13.7. The molecule has 0 saturated carbocycles. The molecule has 1 aliphatic heterocycles. The van der Waals surface area contributed by atoms with E-state index in [1.165, 1.54) is 0 Å². The monoisotopic (exact) mass is 490 g/mol. The Morgan fingerprint density at radius 3 is 2.60 bits per heavy atom. The summed E-state index contributed by atoms with van der Waals surface area (Å²) in [5.74, 6) is 1.04. The second-order valence-electron chi connectivity index (χ2n) is 8.73. The zero-order valence-electron chi connectivity index (χ0n) is 19.6. The van der Waals surface area contributed by atoms with Crippen LogP contribution in [0.2, 0.25) is 5.02 Å². The van der Waals surface area contributed by atoms with E-state index in [2.05, 4.69) is 10.6 Å². The quantitative estimate of drug-likeness (QED) is 0.382. The van der Waals surface area contributed by atoms with Crippen LogP contribution in [0.15, 0.2) is 71.9 Å². The normalized spacial score (nSPS) is 19.1. The molecule has 7 heteroatoms. The van der Waals surface area contributed by atoms with Gasteiger partial charge in [-0.3, -0.25) is 4.79 Å². The second-order valence-corrected chi connectivity index (χ2v) is 9.13. The molecule has 3 aromatic rings. The van der Waals surface area contributed by atoms with E-state index in [1.54, 1.807) is 19.2 Å². The summed E-state index contributed by atoms with van der Waals surface area (Å²) in [7, 11) is 1.64. The van der Waals surface area contributed by atoms with E-state index in [0.29, 0.717) is 30.8 Å². The molecule has 2 unspecified atom stereocenters. The summed E-state index contributed by atoms with van der Waals surface area (Å²) in [5, 5.41) is 17.6. The maximum absolute atomic E-state index is 13.7. The standard InChI is InChI=1S/C28H27ClN2O4/c1-3-35-25-15-18(12-20(29)28(25)33)27-26-23(30-21-9-4-5-10-22(21)31-27)13-17(14-24(26)32)16-7-6-8-19(11-16)34-2/h4-12,15,17,27,30-31,33H,3,13-14H2,1-2H3. The third-order valence-corrected chi connectivity index (χ3v) is 6.85. The van der Waals surface area contributed by atoms with Crippen molar-refractivity contribution in [1.82, 2.24) is 0 Å². The Balaban J connectivity index is 1.62. The first-order chi connectivity index (χ1) is 17.0. The average molecular weight is 491 g/mol. The minimum Gasteiger partial charge on any atom is -0.503 e. The first-order valence-corrected chi connectivity index (χ1v) is 12.0. The van der Waals surface area contributed by atoms with Gasteiger partial charge in [-0.05, 0) is 66.8 Å². The van der Waals surface area contributed by atoms with Crippen LogP contribution >= 0.6 is 11.6 Å². The molecule has 1 heterocycles. The third kappa shape index (κ3) is 4.42. The molecule has 0 radical (unpaired) electrons. The number of hydrogen-bond donors (Lipinski definition) is 3. The van der Waals surface area contributed by atoms with E-state index in [9.17, 15) is 9.90 Å². The Bertz CT molecular complexity index is 1320. The number of anilines is 2. The average Bonchev–Trinajstić information content (AvgIpc) is 3.03. The molecule has 0 amide bonds. The lowest BCUT2D eigenvalue weighted by Crippen LogP contribution is -2.27. The molecule has 0 aromatic heterocycles. The molecule has 0 fully saturated rings. The molecular formula is C28H27ClN2O4. The highest BCUT2D eigenvalue weighted by atomic mass is 35.5. The number of phenols is 1. The largest absolute Gasteiger partial charge is 0.503 e. The topological polar surface area (TPSA) is 79.8 Å². The predicted molar refractivity (Wildman–Crippen MR) is 138 cm³/mol. The number of para-hydroxylation sites is 2. The summed E-state index contributed by atoms with van der Waals surface area (Å²) in [6.45, 7) is 2.22. The Labute approximate surface area is 209 Å². The Hall–Kier alpha value is -3.64. The number of halogens is 1. The van der Waals surface area contributed by atoms with Crippen LogP contribution in [0.5, 0.6) is 17.2 Å². The number of carbonyl (C=O) groups excluding carboxylic acids is 1. The lowest BCUT2D eigenvalue weighted by Gasteiger charge is -2.30. The van der Waals surface area contributed by atoms with Crippen molar-refractivity contribution in [3.8, 4) is 17.2 Å². The molecule has 35 heavy (non-hydrogen) atoms. The molecule has 1 aliphatic carbocycles. The highest BCUT2D eigenvalue weighted by Gasteiger charge is 2.36. The van der Waals surface area contributed by atoms with Gasteiger partial charge in [-0.15, -0.1) is 0 Å². The van der Waals surface area contributed by atoms with Crippen LogP contribution in [-0.2, 0) is 4.79 Å². The van der Waals surface area contributed by atoms with Crippen LogP contribution < -0.4 is 20.1 Å². The number of phenolic OH excluding ortho intramolecular Hbond substituents is 1. The van der Waals surface area contributed by atoms with Gasteiger partial charge in [0.25, 0.3) is 0 Å². The van der Waals surface area contributed by atoms with Crippen LogP contribution in [0.25, 0.3) is 0 Å². The van der Waals surface area contributed by atoms with Crippen molar-refractivity contribution >= 4 is 28.8 Å². The van der Waals surface area contributed by atoms with Gasteiger partial charge in [-0.1, -0.05) is 35.9 Å². The van der Waals surface area contributed by atoms with Crippen molar-refractivity contribution in [1.29, 1.82) is 0 Å². The first kappa shape index (κ1) is 23.1. The molecule has 0 bridgehead atoms. The van der Waals surface area contributed by atoms with Crippen LogP contribution in [-0.4, -0.2) is 24.6 Å². The number of allylic oxidation sites excluding steroid dienone is 1. The van der Waals surface area contributed by atoms with Crippen LogP contribution in [0.3, 0.4) is 0 Å². The van der Waals surface area contributed by atoms with Crippen molar-refractivity contribution in [2.75, 3.05) is 24.4 Å². The number of carbonyl (C=O) groups is 1. The van der Waals surface area contributed by atoms with Gasteiger partial charge in [0.1, 0.15) is 5.75 Å². The third-order valence-electron chi connectivity index (χ3n) is 6.56. The van der Waals surface area contributed by atoms with Gasteiger partial charge in [0.15, 0.2) is 17.3 Å². The number of benzene rings is 3. The van der Waals surface area contributed by atoms with Gasteiger partial charge in [0.05, 0.1) is 36.2 Å². The molecule has 180 valence electrons. The lowest BCUT2D eigenvalue weighted by molar-refractivity contribution is -0.116. The van der Waals surface area contributed by atoms with E-state index in [-0.39, 0.29) is 22.5 Å². The van der Waals surface area contributed by atoms with Crippen LogP contribution in [0.1, 0.15) is 42.9 Å². The highest BCUT2D eigenvalue weighted by Crippen LogP contribution is 2.46. The van der Waals surface area contributed by atoms with Crippen molar-refractivity contribution in [3.05, 3.63) is 88.1 Å². The van der Waals surface area contributed by atoms with E-state index in [0.717, 1.165) is 33.9 Å². The summed E-state index contributed by atoms with van der Waals surface area (Å²) >= 11 is 6.37. The SMILES string of the molecule is CCOc1cc(C2Nc3ccccc3NC3=C2C(=O)CC(c2cccc(OC)c2)C3)cc(Cl)c1O. The number of ketones is 1. The molecule has 0 spiro atoms. The minimum atomic E-state index is -0.461. The van der Waals surface area contributed by atoms with Gasteiger partial charge >= 0.3 is 0 Å². The first-order valence-electron chi connectivity index (χ1n) is 11.7. The van der Waals surface area contributed by atoms with Gasteiger partial charge in [0, 0.05) is 17.7 Å². The fourth-order valence-electron chi connectivity index (χ4n) is 4.90. The van der Waals surface area contributed by atoms with E-state index in [4.69, 9.17) is 21.1 Å². The number of rotatable bonds is 5. The molecular weight excluding hydrogens is 464 g/mol. The second kappa shape index (κ2) is 9.55. The zero-order valence-corrected chi connectivity index (χ0v) is 20.4.